The molecule has 0 bridgehead atoms. The molecule has 0 aliphatic heterocycles. The van der Waals surface area contributed by atoms with Crippen LogP contribution in [0, 0.1) is 0 Å². The van der Waals surface area contributed by atoms with Crippen molar-refractivity contribution in [3.8, 4) is 11.3 Å². The zero-order chi connectivity index (χ0) is 19.3. The molecule has 0 aliphatic carbocycles. The van der Waals surface area contributed by atoms with Gasteiger partial charge in [0.1, 0.15) is 11.5 Å². The largest absolute Gasteiger partial charge is 0.455 e. The Balaban J connectivity index is 1.39. The maximum Gasteiger partial charge on any atom is 0.244 e. The maximum absolute atomic E-state index is 12.2. The van der Waals surface area contributed by atoms with E-state index in [0.29, 0.717) is 5.76 Å². The van der Waals surface area contributed by atoms with Gasteiger partial charge in [-0.05, 0) is 40.6 Å². The lowest BCUT2D eigenvalue weighted by Gasteiger charge is -2.05. The smallest absolute Gasteiger partial charge is 0.244 e. The first-order chi connectivity index (χ1) is 13.7. The number of hydrazone groups is 1. The van der Waals surface area contributed by atoms with E-state index < -0.39 is 0 Å². The molecular weight excluding hydrogens is 416 g/mol. The molecule has 3 aromatic carbocycles. The number of benzene rings is 3. The average Bonchev–Trinajstić information content (AvgIpc) is 3.18. The Bertz CT molecular complexity index is 1140. The summed E-state index contributed by atoms with van der Waals surface area (Å²) in [5.41, 5.74) is 4.51. The van der Waals surface area contributed by atoms with Gasteiger partial charge in [-0.2, -0.15) is 5.10 Å². The SMILES string of the molecule is O=C(Cc1cccc2ccccc12)N/N=C\c1ccc(-c2ccc(Br)cc2)o1. The van der Waals surface area contributed by atoms with Crippen molar-refractivity contribution in [2.24, 2.45) is 5.10 Å². The molecule has 0 unspecified atom stereocenters. The zero-order valence-electron chi connectivity index (χ0n) is 14.9. The molecule has 0 saturated heterocycles. The summed E-state index contributed by atoms with van der Waals surface area (Å²) in [6.07, 6.45) is 1.77. The van der Waals surface area contributed by atoms with Crippen LogP contribution in [0.5, 0.6) is 0 Å². The Kier molecular flexibility index (Phi) is 5.35. The third kappa shape index (κ3) is 4.21. The third-order valence-electron chi connectivity index (χ3n) is 4.37. The predicted octanol–water partition coefficient (Wildman–Crippen LogP) is 5.56. The molecule has 0 saturated carbocycles. The van der Waals surface area contributed by atoms with Gasteiger partial charge in [0.15, 0.2) is 0 Å². The van der Waals surface area contributed by atoms with Crippen LogP contribution in [0.4, 0.5) is 0 Å². The fourth-order valence-electron chi connectivity index (χ4n) is 3.02. The monoisotopic (exact) mass is 432 g/mol. The van der Waals surface area contributed by atoms with Crippen molar-refractivity contribution in [1.29, 1.82) is 0 Å². The Hall–Kier alpha value is -3.18. The third-order valence-corrected chi connectivity index (χ3v) is 4.90. The Morgan fingerprint density at radius 1 is 0.964 bits per heavy atom. The standard InChI is InChI=1S/C23H17BrN2O2/c24-19-10-8-17(9-11-19)22-13-12-20(28-22)15-25-26-23(27)14-18-6-3-5-16-4-1-2-7-21(16)18/h1-13,15H,14H2,(H,26,27)/b25-15-. The van der Waals surface area contributed by atoms with E-state index in [9.17, 15) is 4.79 Å². The highest BCUT2D eigenvalue weighted by Crippen LogP contribution is 2.23. The van der Waals surface area contributed by atoms with E-state index in [4.69, 9.17) is 4.42 Å². The molecule has 0 fully saturated rings. The second kappa shape index (κ2) is 8.23. The predicted molar refractivity (Wildman–Crippen MR) is 115 cm³/mol. The van der Waals surface area contributed by atoms with Crippen LogP contribution in [0.2, 0.25) is 0 Å². The summed E-state index contributed by atoms with van der Waals surface area (Å²) in [4.78, 5) is 12.2. The van der Waals surface area contributed by atoms with E-state index in [1.165, 1.54) is 6.21 Å². The fourth-order valence-corrected chi connectivity index (χ4v) is 3.28. The van der Waals surface area contributed by atoms with Crippen LogP contribution < -0.4 is 5.43 Å². The van der Waals surface area contributed by atoms with E-state index in [2.05, 4.69) is 26.5 Å². The zero-order valence-corrected chi connectivity index (χ0v) is 16.5. The number of furan rings is 1. The van der Waals surface area contributed by atoms with Gasteiger partial charge in [0.05, 0.1) is 12.6 Å². The Morgan fingerprint density at radius 2 is 1.75 bits per heavy atom. The van der Waals surface area contributed by atoms with Crippen LogP contribution in [0.15, 0.2) is 92.9 Å². The van der Waals surface area contributed by atoms with Gasteiger partial charge in [-0.3, -0.25) is 4.79 Å². The van der Waals surface area contributed by atoms with Crippen LogP contribution in [-0.2, 0) is 11.2 Å². The molecule has 0 radical (unpaired) electrons. The molecule has 28 heavy (non-hydrogen) atoms. The highest BCUT2D eigenvalue weighted by molar-refractivity contribution is 9.10. The Labute approximate surface area is 171 Å². The van der Waals surface area contributed by atoms with E-state index in [0.717, 1.165) is 32.1 Å². The van der Waals surface area contributed by atoms with Gasteiger partial charge < -0.3 is 4.42 Å². The highest BCUT2D eigenvalue weighted by atomic mass is 79.9. The first-order valence-corrected chi connectivity index (χ1v) is 9.63. The van der Waals surface area contributed by atoms with Gasteiger partial charge in [0.2, 0.25) is 5.91 Å². The summed E-state index contributed by atoms with van der Waals surface area (Å²) in [5, 5.41) is 6.21. The Morgan fingerprint density at radius 3 is 2.61 bits per heavy atom. The van der Waals surface area contributed by atoms with E-state index in [1.54, 1.807) is 0 Å². The van der Waals surface area contributed by atoms with Crippen LogP contribution in [-0.4, -0.2) is 12.1 Å². The number of hydrogen-bond donors (Lipinski definition) is 1. The fraction of sp³-hybridized carbons (Fsp3) is 0.0435. The molecular formula is C23H17BrN2O2. The molecule has 0 atom stereocenters. The quantitative estimate of drug-likeness (QED) is 0.331. The van der Waals surface area contributed by atoms with Crippen LogP contribution >= 0.6 is 15.9 Å². The summed E-state index contributed by atoms with van der Waals surface area (Å²) in [6, 6.07) is 25.5. The normalized spacial score (nSPS) is 11.2. The minimum atomic E-state index is -0.174. The van der Waals surface area contributed by atoms with Gasteiger partial charge in [0.25, 0.3) is 0 Å². The molecule has 4 nitrogen and oxygen atoms in total. The number of amides is 1. The molecule has 1 aromatic heterocycles. The van der Waals surface area contributed by atoms with E-state index in [-0.39, 0.29) is 12.3 Å². The van der Waals surface area contributed by atoms with Crippen molar-refractivity contribution in [2.45, 2.75) is 6.42 Å². The lowest BCUT2D eigenvalue weighted by Crippen LogP contribution is -2.19. The number of hydrogen-bond acceptors (Lipinski definition) is 3. The van der Waals surface area contributed by atoms with Crippen molar-refractivity contribution in [2.75, 3.05) is 0 Å². The number of halogens is 1. The number of nitrogens with zero attached hydrogens (tertiary/aromatic N) is 1. The number of rotatable bonds is 5. The number of fused-ring (bicyclic) bond motifs is 1. The second-order valence-corrected chi connectivity index (χ2v) is 7.23. The van der Waals surface area contributed by atoms with Crippen molar-refractivity contribution < 1.29 is 9.21 Å². The summed E-state index contributed by atoms with van der Waals surface area (Å²) in [7, 11) is 0. The van der Waals surface area contributed by atoms with Crippen molar-refractivity contribution in [3.63, 3.8) is 0 Å². The van der Waals surface area contributed by atoms with E-state index in [1.807, 2.05) is 78.9 Å². The van der Waals surface area contributed by atoms with Gasteiger partial charge in [-0.1, -0.05) is 70.5 Å². The summed E-state index contributed by atoms with van der Waals surface area (Å²) in [6.45, 7) is 0. The molecule has 4 rings (SSSR count). The van der Waals surface area contributed by atoms with E-state index >= 15 is 0 Å². The van der Waals surface area contributed by atoms with Gasteiger partial charge in [-0.25, -0.2) is 5.43 Å². The van der Waals surface area contributed by atoms with Crippen molar-refractivity contribution in [3.05, 3.63) is 94.7 Å². The lowest BCUT2D eigenvalue weighted by atomic mass is 10.0. The highest BCUT2D eigenvalue weighted by Gasteiger charge is 2.07. The summed E-state index contributed by atoms with van der Waals surface area (Å²) < 4.78 is 6.76. The molecule has 5 heteroatoms. The van der Waals surface area contributed by atoms with Crippen LogP contribution in [0.1, 0.15) is 11.3 Å². The summed E-state index contributed by atoms with van der Waals surface area (Å²) in [5.74, 6) is 1.15. The van der Waals surface area contributed by atoms with Crippen LogP contribution in [0.25, 0.3) is 22.1 Å². The summed E-state index contributed by atoms with van der Waals surface area (Å²) >= 11 is 3.42. The minimum Gasteiger partial charge on any atom is -0.455 e. The second-order valence-electron chi connectivity index (χ2n) is 6.32. The van der Waals surface area contributed by atoms with Gasteiger partial charge in [0, 0.05) is 10.0 Å². The number of carbonyl (C=O) groups is 1. The molecule has 1 N–H and O–H groups in total. The molecule has 4 aromatic rings. The molecule has 0 spiro atoms. The number of carbonyl (C=O) groups excluding carboxylic acids is 1. The molecule has 1 amide bonds. The van der Waals surface area contributed by atoms with Gasteiger partial charge >= 0.3 is 0 Å². The first kappa shape index (κ1) is 18.2. The molecule has 1 heterocycles. The van der Waals surface area contributed by atoms with Crippen molar-refractivity contribution in [1.82, 2.24) is 5.43 Å². The first-order valence-electron chi connectivity index (χ1n) is 8.83. The van der Waals surface area contributed by atoms with Crippen LogP contribution in [0.3, 0.4) is 0 Å². The molecule has 138 valence electrons. The number of nitrogens with one attached hydrogen (secondary N) is 1. The average molecular weight is 433 g/mol. The topological polar surface area (TPSA) is 54.6 Å². The molecule has 0 aliphatic rings. The van der Waals surface area contributed by atoms with Crippen molar-refractivity contribution >= 4 is 38.8 Å². The maximum atomic E-state index is 12.2. The lowest BCUT2D eigenvalue weighted by molar-refractivity contribution is -0.120. The minimum absolute atomic E-state index is 0.174. The van der Waals surface area contributed by atoms with Gasteiger partial charge in [-0.15, -0.1) is 0 Å².